The third kappa shape index (κ3) is 1.32. The Balaban J connectivity index is 1.78. The quantitative estimate of drug-likeness (QED) is 0.525. The molecule has 0 spiro atoms. The van der Waals surface area contributed by atoms with Gasteiger partial charge in [0.1, 0.15) is 0 Å². The monoisotopic (exact) mass is 163 g/mol. The fourth-order valence-corrected chi connectivity index (χ4v) is 1.73. The molecule has 2 rings (SSSR count). The minimum Gasteiger partial charge on any atom is -0.331 e. The average molecular weight is 163 g/mol. The van der Waals surface area contributed by atoms with Crippen molar-refractivity contribution in [2.75, 3.05) is 13.1 Å². The Labute approximate surface area is 72.9 Å². The van der Waals surface area contributed by atoms with E-state index < -0.39 is 0 Å². The third-order valence-electron chi connectivity index (χ3n) is 2.72. The fourth-order valence-electron chi connectivity index (χ4n) is 1.73. The predicted octanol–water partition coefficient (Wildman–Crippen LogP) is 0.878. The van der Waals surface area contributed by atoms with E-state index in [0.717, 1.165) is 24.9 Å². The molecule has 1 saturated heterocycles. The van der Waals surface area contributed by atoms with E-state index >= 15 is 0 Å². The summed E-state index contributed by atoms with van der Waals surface area (Å²) in [4.78, 5) is 13.0. The van der Waals surface area contributed by atoms with Crippen molar-refractivity contribution in [2.45, 2.75) is 19.8 Å². The second-order valence-corrected chi connectivity index (χ2v) is 3.68. The summed E-state index contributed by atoms with van der Waals surface area (Å²) in [6, 6.07) is 0. The zero-order chi connectivity index (χ0) is 8.55. The molecule has 1 heterocycles. The summed E-state index contributed by atoms with van der Waals surface area (Å²) in [5.41, 5.74) is 0. The number of hydrogen-bond acceptors (Lipinski definition) is 1. The standard InChI is InChI=1S/C10H13NO/c1-2-3-10(12)11-6-9(7-11)8-4-5-8/h8-9H,4-7H2,1H3. The number of hydrogen-bond donors (Lipinski definition) is 0. The molecule has 0 N–H and O–H groups in total. The van der Waals surface area contributed by atoms with E-state index in [1.54, 1.807) is 6.92 Å². The van der Waals surface area contributed by atoms with Crippen molar-refractivity contribution < 1.29 is 4.79 Å². The van der Waals surface area contributed by atoms with E-state index in [9.17, 15) is 4.79 Å². The predicted molar refractivity (Wildman–Crippen MR) is 46.2 cm³/mol. The highest BCUT2D eigenvalue weighted by molar-refractivity contribution is 5.93. The Kier molecular flexibility index (Phi) is 1.80. The molecule has 0 aromatic carbocycles. The number of nitrogens with zero attached hydrogens (tertiary/aromatic N) is 1. The highest BCUT2D eigenvalue weighted by atomic mass is 16.2. The molecule has 0 aromatic rings. The number of amides is 1. The van der Waals surface area contributed by atoms with Crippen LogP contribution in [-0.4, -0.2) is 23.9 Å². The molecular weight excluding hydrogens is 150 g/mol. The van der Waals surface area contributed by atoms with E-state index in [1.807, 2.05) is 4.90 Å². The fraction of sp³-hybridized carbons (Fsp3) is 0.700. The highest BCUT2D eigenvalue weighted by Gasteiger charge is 2.40. The van der Waals surface area contributed by atoms with Crippen molar-refractivity contribution in [3.05, 3.63) is 0 Å². The van der Waals surface area contributed by atoms with Gasteiger partial charge >= 0.3 is 0 Å². The zero-order valence-corrected chi connectivity index (χ0v) is 7.34. The van der Waals surface area contributed by atoms with Crippen molar-refractivity contribution in [2.24, 2.45) is 11.8 Å². The maximum Gasteiger partial charge on any atom is 0.298 e. The van der Waals surface area contributed by atoms with Crippen LogP contribution in [-0.2, 0) is 4.79 Å². The maximum absolute atomic E-state index is 11.2. The Morgan fingerprint density at radius 1 is 1.33 bits per heavy atom. The summed E-state index contributed by atoms with van der Waals surface area (Å²) in [6.07, 6.45) is 2.76. The van der Waals surface area contributed by atoms with E-state index in [4.69, 9.17) is 0 Å². The molecule has 1 amide bonds. The lowest BCUT2D eigenvalue weighted by Crippen LogP contribution is -2.50. The van der Waals surface area contributed by atoms with Crippen LogP contribution in [0.5, 0.6) is 0 Å². The number of carbonyl (C=O) groups excluding carboxylic acids is 1. The van der Waals surface area contributed by atoms with Crippen LogP contribution >= 0.6 is 0 Å². The van der Waals surface area contributed by atoms with Crippen LogP contribution in [0, 0.1) is 23.7 Å². The van der Waals surface area contributed by atoms with Crippen molar-refractivity contribution in [1.29, 1.82) is 0 Å². The van der Waals surface area contributed by atoms with E-state index in [0.29, 0.717) is 0 Å². The van der Waals surface area contributed by atoms with Crippen LogP contribution in [0.4, 0.5) is 0 Å². The molecule has 1 aliphatic carbocycles. The Hall–Kier alpha value is -0.970. The first-order chi connectivity index (χ1) is 5.81. The Bertz CT molecular complexity index is 251. The van der Waals surface area contributed by atoms with Gasteiger partial charge in [-0.3, -0.25) is 4.79 Å². The normalized spacial score (nSPS) is 22.6. The summed E-state index contributed by atoms with van der Waals surface area (Å²) >= 11 is 0. The van der Waals surface area contributed by atoms with Gasteiger partial charge in [0.15, 0.2) is 0 Å². The van der Waals surface area contributed by atoms with Crippen LogP contribution in [0.1, 0.15) is 19.8 Å². The summed E-state index contributed by atoms with van der Waals surface area (Å²) in [7, 11) is 0. The van der Waals surface area contributed by atoms with Crippen LogP contribution in [0.3, 0.4) is 0 Å². The SMILES string of the molecule is CC#CC(=O)N1CC(C2CC2)C1. The van der Waals surface area contributed by atoms with Gasteiger partial charge in [0, 0.05) is 13.1 Å². The van der Waals surface area contributed by atoms with Crippen molar-refractivity contribution in [3.63, 3.8) is 0 Å². The van der Waals surface area contributed by atoms with Gasteiger partial charge in [-0.05, 0) is 37.5 Å². The maximum atomic E-state index is 11.2. The first kappa shape index (κ1) is 7.67. The van der Waals surface area contributed by atoms with E-state index in [-0.39, 0.29) is 5.91 Å². The smallest absolute Gasteiger partial charge is 0.298 e. The van der Waals surface area contributed by atoms with Crippen LogP contribution < -0.4 is 0 Å². The molecular formula is C10H13NO. The largest absolute Gasteiger partial charge is 0.331 e. The molecule has 2 aliphatic rings. The molecule has 0 aromatic heterocycles. The number of rotatable bonds is 1. The summed E-state index contributed by atoms with van der Waals surface area (Å²) in [6.45, 7) is 3.62. The van der Waals surface area contributed by atoms with Crippen molar-refractivity contribution in [1.82, 2.24) is 4.90 Å². The first-order valence-corrected chi connectivity index (χ1v) is 4.53. The van der Waals surface area contributed by atoms with Gasteiger partial charge < -0.3 is 4.90 Å². The average Bonchev–Trinajstić information content (AvgIpc) is 2.68. The number of carbonyl (C=O) groups is 1. The summed E-state index contributed by atoms with van der Waals surface area (Å²) in [5.74, 6) is 6.94. The zero-order valence-electron chi connectivity index (χ0n) is 7.34. The van der Waals surface area contributed by atoms with E-state index in [1.165, 1.54) is 12.8 Å². The molecule has 0 unspecified atom stereocenters. The second-order valence-electron chi connectivity index (χ2n) is 3.68. The summed E-state index contributed by atoms with van der Waals surface area (Å²) < 4.78 is 0. The molecule has 0 bridgehead atoms. The first-order valence-electron chi connectivity index (χ1n) is 4.53. The van der Waals surface area contributed by atoms with Crippen LogP contribution in [0.2, 0.25) is 0 Å². The number of likely N-dealkylation sites (tertiary alicyclic amines) is 1. The Morgan fingerprint density at radius 2 is 2.00 bits per heavy atom. The van der Waals surface area contributed by atoms with Gasteiger partial charge in [0.2, 0.25) is 0 Å². The minimum atomic E-state index is 0.00870. The lowest BCUT2D eigenvalue weighted by atomic mass is 9.95. The van der Waals surface area contributed by atoms with Gasteiger partial charge in [-0.1, -0.05) is 5.92 Å². The topological polar surface area (TPSA) is 20.3 Å². The molecule has 2 heteroatoms. The summed E-state index contributed by atoms with van der Waals surface area (Å²) in [5, 5.41) is 0. The minimum absolute atomic E-state index is 0.00870. The lowest BCUT2D eigenvalue weighted by Gasteiger charge is -2.38. The molecule has 2 fully saturated rings. The van der Waals surface area contributed by atoms with E-state index in [2.05, 4.69) is 11.8 Å². The van der Waals surface area contributed by atoms with Crippen molar-refractivity contribution >= 4 is 5.91 Å². The molecule has 0 atom stereocenters. The van der Waals surface area contributed by atoms with Gasteiger partial charge in [0.05, 0.1) is 0 Å². The molecule has 0 radical (unpaired) electrons. The molecule has 12 heavy (non-hydrogen) atoms. The molecule has 1 saturated carbocycles. The van der Waals surface area contributed by atoms with Crippen LogP contribution in [0.25, 0.3) is 0 Å². The van der Waals surface area contributed by atoms with Gasteiger partial charge in [-0.15, -0.1) is 0 Å². The van der Waals surface area contributed by atoms with Crippen LogP contribution in [0.15, 0.2) is 0 Å². The van der Waals surface area contributed by atoms with Crippen molar-refractivity contribution in [3.8, 4) is 11.8 Å². The highest BCUT2D eigenvalue weighted by Crippen LogP contribution is 2.41. The lowest BCUT2D eigenvalue weighted by molar-refractivity contribution is -0.131. The van der Waals surface area contributed by atoms with Gasteiger partial charge in [-0.25, -0.2) is 0 Å². The van der Waals surface area contributed by atoms with Gasteiger partial charge in [0.25, 0.3) is 5.91 Å². The molecule has 2 nitrogen and oxygen atoms in total. The third-order valence-corrected chi connectivity index (χ3v) is 2.72. The Morgan fingerprint density at radius 3 is 2.50 bits per heavy atom. The molecule has 64 valence electrons. The van der Waals surface area contributed by atoms with Gasteiger partial charge in [-0.2, -0.15) is 0 Å². The molecule has 1 aliphatic heterocycles. The second kappa shape index (κ2) is 2.82.